The van der Waals surface area contributed by atoms with Crippen LogP contribution in [0.2, 0.25) is 0 Å². The van der Waals surface area contributed by atoms with E-state index in [9.17, 15) is 0 Å². The second-order valence-corrected chi connectivity index (χ2v) is 7.69. The summed E-state index contributed by atoms with van der Waals surface area (Å²) in [5.41, 5.74) is 7.57. The molecule has 160 valence electrons. The first-order valence-electron chi connectivity index (χ1n) is 10.9. The van der Waals surface area contributed by atoms with E-state index in [1.54, 1.807) is 7.11 Å². The van der Waals surface area contributed by atoms with Crippen molar-refractivity contribution in [2.75, 3.05) is 7.11 Å². The van der Waals surface area contributed by atoms with Crippen LogP contribution in [0.3, 0.4) is 0 Å². The zero-order chi connectivity index (χ0) is 22.5. The van der Waals surface area contributed by atoms with E-state index in [1.807, 2.05) is 48.7 Å². The average Bonchev–Trinajstić information content (AvgIpc) is 3.29. The van der Waals surface area contributed by atoms with Gasteiger partial charge in [0.2, 0.25) is 0 Å². The number of aliphatic imine (C=N–C) groups is 1. The van der Waals surface area contributed by atoms with Crippen molar-refractivity contribution in [1.29, 1.82) is 0 Å². The van der Waals surface area contributed by atoms with E-state index in [0.717, 1.165) is 45.2 Å². The van der Waals surface area contributed by atoms with Crippen molar-refractivity contribution in [3.8, 4) is 34.0 Å². The lowest BCUT2D eigenvalue weighted by Gasteiger charge is -2.15. The monoisotopic (exact) mass is 428 g/mol. The Morgan fingerprint density at radius 2 is 1.24 bits per heavy atom. The van der Waals surface area contributed by atoms with Gasteiger partial charge in [-0.15, -0.1) is 0 Å². The smallest absolute Gasteiger partial charge is 0.119 e. The van der Waals surface area contributed by atoms with Gasteiger partial charge in [0.15, 0.2) is 0 Å². The van der Waals surface area contributed by atoms with E-state index in [-0.39, 0.29) is 0 Å². The highest BCUT2D eigenvalue weighted by Crippen LogP contribution is 2.35. The summed E-state index contributed by atoms with van der Waals surface area (Å²) in [7, 11) is 1.67. The Balaban J connectivity index is 1.73. The summed E-state index contributed by atoms with van der Waals surface area (Å²) in [6, 6.07) is 41.4. The van der Waals surface area contributed by atoms with E-state index in [0.29, 0.717) is 0 Å². The largest absolute Gasteiger partial charge is 0.497 e. The number of hydrogen-bond donors (Lipinski definition) is 0. The zero-order valence-corrected chi connectivity index (χ0v) is 18.4. The molecule has 0 unspecified atom stereocenters. The third-order valence-electron chi connectivity index (χ3n) is 5.59. The maximum Gasteiger partial charge on any atom is 0.119 e. The second kappa shape index (κ2) is 9.41. The Labute approximate surface area is 194 Å². The van der Waals surface area contributed by atoms with E-state index in [4.69, 9.17) is 9.73 Å². The first-order valence-corrected chi connectivity index (χ1v) is 10.9. The third kappa shape index (κ3) is 4.35. The van der Waals surface area contributed by atoms with Crippen LogP contribution < -0.4 is 4.74 Å². The average molecular weight is 429 g/mol. The molecule has 0 radical (unpaired) electrons. The van der Waals surface area contributed by atoms with Crippen molar-refractivity contribution in [2.24, 2.45) is 4.99 Å². The van der Waals surface area contributed by atoms with E-state index >= 15 is 0 Å². The lowest BCUT2D eigenvalue weighted by molar-refractivity contribution is 0.415. The Bertz CT molecular complexity index is 1350. The molecule has 1 heterocycles. The fourth-order valence-electron chi connectivity index (χ4n) is 4.00. The van der Waals surface area contributed by atoms with Crippen molar-refractivity contribution in [3.05, 3.63) is 127 Å². The number of aromatic nitrogens is 1. The SMILES string of the molecule is COc1ccc(N=Cc2cc(-c3ccccc3)n(-c3ccccc3)c2-c2ccccc2)cc1. The van der Waals surface area contributed by atoms with Gasteiger partial charge in [0.25, 0.3) is 0 Å². The minimum absolute atomic E-state index is 0.820. The normalized spacial score (nSPS) is 11.1. The van der Waals surface area contributed by atoms with Crippen LogP contribution in [0.1, 0.15) is 5.56 Å². The molecule has 33 heavy (non-hydrogen) atoms. The van der Waals surface area contributed by atoms with Crippen LogP contribution in [-0.4, -0.2) is 17.9 Å². The molecule has 0 aliphatic carbocycles. The number of ether oxygens (including phenoxy) is 1. The third-order valence-corrected chi connectivity index (χ3v) is 5.59. The number of para-hydroxylation sites is 1. The van der Waals surface area contributed by atoms with Crippen molar-refractivity contribution in [1.82, 2.24) is 4.57 Å². The number of methoxy groups -OCH3 is 1. The van der Waals surface area contributed by atoms with Crippen LogP contribution in [0, 0.1) is 0 Å². The summed E-state index contributed by atoms with van der Waals surface area (Å²) >= 11 is 0. The summed E-state index contributed by atoms with van der Waals surface area (Å²) in [6.45, 7) is 0. The molecule has 0 aliphatic rings. The minimum Gasteiger partial charge on any atom is -0.497 e. The van der Waals surface area contributed by atoms with Crippen molar-refractivity contribution in [3.63, 3.8) is 0 Å². The van der Waals surface area contributed by atoms with Crippen molar-refractivity contribution in [2.45, 2.75) is 0 Å². The molecule has 5 rings (SSSR count). The molecule has 0 atom stereocenters. The number of rotatable bonds is 6. The first-order chi connectivity index (χ1) is 16.3. The van der Waals surface area contributed by atoms with E-state index < -0.39 is 0 Å². The minimum atomic E-state index is 0.820. The van der Waals surface area contributed by atoms with Crippen LogP contribution in [0.15, 0.2) is 126 Å². The van der Waals surface area contributed by atoms with Crippen LogP contribution in [0.5, 0.6) is 5.75 Å². The molecule has 3 heteroatoms. The maximum atomic E-state index is 5.27. The van der Waals surface area contributed by atoms with Gasteiger partial charge in [0, 0.05) is 17.5 Å². The second-order valence-electron chi connectivity index (χ2n) is 7.69. The van der Waals surface area contributed by atoms with Gasteiger partial charge in [-0.2, -0.15) is 0 Å². The Kier molecular flexibility index (Phi) is 5.85. The fourth-order valence-corrected chi connectivity index (χ4v) is 4.00. The molecule has 4 aromatic carbocycles. The number of nitrogens with zero attached hydrogens (tertiary/aromatic N) is 2. The molecule has 0 fully saturated rings. The predicted molar refractivity (Wildman–Crippen MR) is 137 cm³/mol. The lowest BCUT2D eigenvalue weighted by Crippen LogP contribution is -2.00. The molecule has 5 aromatic rings. The van der Waals surface area contributed by atoms with E-state index in [1.165, 1.54) is 0 Å². The molecule has 0 saturated heterocycles. The van der Waals surface area contributed by atoms with Crippen LogP contribution in [0.25, 0.3) is 28.2 Å². The van der Waals surface area contributed by atoms with Gasteiger partial charge in [-0.3, -0.25) is 4.99 Å². The summed E-state index contributed by atoms with van der Waals surface area (Å²) in [4.78, 5) is 4.79. The van der Waals surface area contributed by atoms with Crippen molar-refractivity contribution < 1.29 is 4.74 Å². The maximum absolute atomic E-state index is 5.27. The van der Waals surface area contributed by atoms with Gasteiger partial charge < -0.3 is 9.30 Å². The zero-order valence-electron chi connectivity index (χ0n) is 18.4. The molecule has 0 bridgehead atoms. The molecular formula is C30H24N2O. The molecule has 1 aromatic heterocycles. The van der Waals surface area contributed by atoms with Gasteiger partial charge >= 0.3 is 0 Å². The van der Waals surface area contributed by atoms with Gasteiger partial charge in [-0.05, 0) is 53.6 Å². The quantitative estimate of drug-likeness (QED) is 0.256. The number of benzene rings is 4. The fraction of sp³-hybridized carbons (Fsp3) is 0.0333. The van der Waals surface area contributed by atoms with Gasteiger partial charge in [-0.25, -0.2) is 0 Å². The van der Waals surface area contributed by atoms with Gasteiger partial charge in [0.1, 0.15) is 5.75 Å². The molecule has 0 amide bonds. The van der Waals surface area contributed by atoms with Crippen LogP contribution in [-0.2, 0) is 0 Å². The lowest BCUT2D eigenvalue weighted by atomic mass is 10.1. The molecule has 0 aliphatic heterocycles. The van der Waals surface area contributed by atoms with E-state index in [2.05, 4.69) is 83.4 Å². The Morgan fingerprint density at radius 3 is 1.85 bits per heavy atom. The first kappa shape index (κ1) is 20.5. The summed E-state index contributed by atoms with van der Waals surface area (Å²) in [5, 5.41) is 0. The molecule has 0 spiro atoms. The topological polar surface area (TPSA) is 26.5 Å². The van der Waals surface area contributed by atoms with Crippen LogP contribution in [0.4, 0.5) is 5.69 Å². The molecule has 0 N–H and O–H groups in total. The number of hydrogen-bond acceptors (Lipinski definition) is 2. The highest BCUT2D eigenvalue weighted by atomic mass is 16.5. The highest BCUT2D eigenvalue weighted by Gasteiger charge is 2.18. The Hall–Kier alpha value is -4.37. The highest BCUT2D eigenvalue weighted by molar-refractivity contribution is 5.94. The van der Waals surface area contributed by atoms with Crippen LogP contribution >= 0.6 is 0 Å². The molecule has 3 nitrogen and oxygen atoms in total. The summed E-state index contributed by atoms with van der Waals surface area (Å²) < 4.78 is 7.59. The van der Waals surface area contributed by atoms with Crippen molar-refractivity contribution >= 4 is 11.9 Å². The molecule has 0 saturated carbocycles. The standard InChI is InChI=1S/C30H24N2O/c1-33-28-19-17-26(18-20-28)31-22-25-21-29(23-11-5-2-6-12-23)32(27-15-9-4-10-16-27)30(25)24-13-7-3-8-14-24/h2-22H,1H3. The predicted octanol–water partition coefficient (Wildman–Crippen LogP) is 7.57. The molecular weight excluding hydrogens is 404 g/mol. The summed E-state index contributed by atoms with van der Waals surface area (Å²) in [5.74, 6) is 0.820. The summed E-state index contributed by atoms with van der Waals surface area (Å²) in [6.07, 6.45) is 1.95. The van der Waals surface area contributed by atoms with Gasteiger partial charge in [-0.1, -0.05) is 78.9 Å². The van der Waals surface area contributed by atoms with Gasteiger partial charge in [0.05, 0.1) is 24.2 Å². The Morgan fingerprint density at radius 1 is 0.667 bits per heavy atom.